The van der Waals surface area contributed by atoms with Crippen molar-refractivity contribution in [2.45, 2.75) is 44.1 Å². The molecule has 22 heavy (non-hydrogen) atoms. The van der Waals surface area contributed by atoms with Crippen LogP contribution in [0.1, 0.15) is 13.8 Å². The molecule has 1 saturated heterocycles. The topological polar surface area (TPSA) is 145 Å². The predicted molar refractivity (Wildman–Crippen MR) is 74.0 cm³/mol. The lowest BCUT2D eigenvalue weighted by molar-refractivity contribution is -0.126. The van der Waals surface area contributed by atoms with Gasteiger partial charge in [0.15, 0.2) is 17.7 Å². The van der Waals surface area contributed by atoms with Crippen molar-refractivity contribution in [2.24, 2.45) is 11.7 Å². The summed E-state index contributed by atoms with van der Waals surface area (Å²) in [7, 11) is 0. The SMILES string of the molecule is CC(C)C(=O)C1(N)C=CN([C@@H]2O[C@H](CO)[C@@H](O)[C@H]2O)C(=O)N1. The fourth-order valence-corrected chi connectivity index (χ4v) is 2.48. The van der Waals surface area contributed by atoms with E-state index in [0.717, 1.165) is 4.90 Å². The van der Waals surface area contributed by atoms with Crippen LogP contribution in [-0.4, -0.2) is 68.8 Å². The standard InChI is InChI=1S/C13H21N3O6/c1-6(2)10(20)13(14)3-4-16(12(21)15-13)11-9(19)8(18)7(5-17)22-11/h3-4,6-9,11,17-19H,5,14H2,1-2H3,(H,15,21)/t7-,8-,9-,11-,13?/m1/s1. The van der Waals surface area contributed by atoms with Gasteiger partial charge in [0.05, 0.1) is 6.61 Å². The average Bonchev–Trinajstić information content (AvgIpc) is 2.74. The smallest absolute Gasteiger partial charge is 0.325 e. The first kappa shape index (κ1) is 16.8. The van der Waals surface area contributed by atoms with Gasteiger partial charge < -0.3 is 25.4 Å². The van der Waals surface area contributed by atoms with E-state index in [1.165, 1.54) is 12.3 Å². The van der Waals surface area contributed by atoms with E-state index in [1.54, 1.807) is 13.8 Å². The summed E-state index contributed by atoms with van der Waals surface area (Å²) in [5.74, 6) is -0.742. The Morgan fingerprint density at radius 2 is 2.14 bits per heavy atom. The van der Waals surface area contributed by atoms with Gasteiger partial charge in [-0.25, -0.2) is 4.79 Å². The zero-order valence-corrected chi connectivity index (χ0v) is 12.3. The number of hydrogen-bond donors (Lipinski definition) is 5. The number of ketones is 1. The maximum atomic E-state index is 12.2. The van der Waals surface area contributed by atoms with E-state index in [0.29, 0.717) is 0 Å². The zero-order valence-electron chi connectivity index (χ0n) is 12.3. The van der Waals surface area contributed by atoms with Crippen LogP contribution >= 0.6 is 0 Å². The van der Waals surface area contributed by atoms with Crippen LogP contribution in [0.5, 0.6) is 0 Å². The molecule has 2 aliphatic heterocycles. The summed E-state index contributed by atoms with van der Waals surface area (Å²) in [4.78, 5) is 25.2. The number of amides is 2. The van der Waals surface area contributed by atoms with Crippen LogP contribution in [0.3, 0.4) is 0 Å². The minimum Gasteiger partial charge on any atom is -0.394 e. The van der Waals surface area contributed by atoms with E-state index < -0.39 is 42.8 Å². The quantitative estimate of drug-likeness (QED) is 0.397. The third-order valence-corrected chi connectivity index (χ3v) is 3.77. The Balaban J connectivity index is 2.19. The summed E-state index contributed by atoms with van der Waals surface area (Å²) >= 11 is 0. The van der Waals surface area contributed by atoms with Crippen molar-refractivity contribution in [3.63, 3.8) is 0 Å². The fourth-order valence-electron chi connectivity index (χ4n) is 2.48. The summed E-state index contributed by atoms with van der Waals surface area (Å²) in [5.41, 5.74) is 4.26. The average molecular weight is 315 g/mol. The lowest BCUT2D eigenvalue weighted by Crippen LogP contribution is -2.67. The second-order valence-electron chi connectivity index (χ2n) is 5.77. The van der Waals surface area contributed by atoms with Crippen LogP contribution in [0.25, 0.3) is 0 Å². The van der Waals surface area contributed by atoms with E-state index in [-0.39, 0.29) is 11.7 Å². The van der Waals surface area contributed by atoms with Crippen molar-refractivity contribution in [2.75, 3.05) is 6.61 Å². The van der Waals surface area contributed by atoms with Crippen LogP contribution in [0.15, 0.2) is 12.3 Å². The highest BCUT2D eigenvalue weighted by atomic mass is 16.6. The molecule has 6 N–H and O–H groups in total. The van der Waals surface area contributed by atoms with Crippen molar-refractivity contribution in [1.82, 2.24) is 10.2 Å². The molecule has 0 saturated carbocycles. The number of hydrogen-bond acceptors (Lipinski definition) is 7. The molecule has 0 spiro atoms. The van der Waals surface area contributed by atoms with Gasteiger partial charge in [-0.3, -0.25) is 15.4 Å². The molecule has 124 valence electrons. The molecule has 2 heterocycles. The fraction of sp³-hybridized carbons (Fsp3) is 0.692. The Kier molecular flexibility index (Phi) is 4.54. The third kappa shape index (κ3) is 2.73. The molecule has 0 aliphatic carbocycles. The van der Waals surface area contributed by atoms with Crippen molar-refractivity contribution in [3.05, 3.63) is 12.3 Å². The van der Waals surface area contributed by atoms with E-state index in [9.17, 15) is 19.8 Å². The number of rotatable bonds is 4. The molecule has 5 atom stereocenters. The number of nitrogens with zero attached hydrogens (tertiary/aromatic N) is 1. The summed E-state index contributed by atoms with van der Waals surface area (Å²) in [5, 5.41) is 31.0. The number of urea groups is 1. The number of carbonyl (C=O) groups is 2. The van der Waals surface area contributed by atoms with E-state index >= 15 is 0 Å². The molecule has 2 rings (SSSR count). The highest BCUT2D eigenvalue weighted by Crippen LogP contribution is 2.26. The van der Waals surface area contributed by atoms with Gasteiger partial charge in [-0.1, -0.05) is 13.8 Å². The van der Waals surface area contributed by atoms with Crippen molar-refractivity contribution >= 4 is 11.8 Å². The van der Waals surface area contributed by atoms with Crippen LogP contribution < -0.4 is 11.1 Å². The summed E-state index contributed by atoms with van der Waals surface area (Å²) in [6.07, 6.45) is -2.35. The number of aliphatic hydroxyl groups excluding tert-OH is 3. The number of ether oxygens (including phenoxy) is 1. The lowest BCUT2D eigenvalue weighted by Gasteiger charge is -2.37. The third-order valence-electron chi connectivity index (χ3n) is 3.77. The molecule has 0 aromatic rings. The molecule has 0 radical (unpaired) electrons. The van der Waals surface area contributed by atoms with Gasteiger partial charge in [-0.15, -0.1) is 0 Å². The van der Waals surface area contributed by atoms with Crippen LogP contribution in [0, 0.1) is 5.92 Å². The molecule has 0 aromatic heterocycles. The largest absolute Gasteiger partial charge is 0.394 e. The molecule has 1 unspecified atom stereocenters. The Morgan fingerprint density at radius 1 is 1.50 bits per heavy atom. The van der Waals surface area contributed by atoms with Gasteiger partial charge in [0.1, 0.15) is 18.3 Å². The Labute approximate surface area is 127 Å². The monoisotopic (exact) mass is 315 g/mol. The second-order valence-corrected chi connectivity index (χ2v) is 5.77. The molecule has 1 fully saturated rings. The van der Waals surface area contributed by atoms with E-state index in [4.69, 9.17) is 15.6 Å². The number of nitrogens with one attached hydrogen (secondary N) is 1. The van der Waals surface area contributed by atoms with Gasteiger partial charge >= 0.3 is 6.03 Å². The molecular weight excluding hydrogens is 294 g/mol. The highest BCUT2D eigenvalue weighted by molar-refractivity contribution is 5.96. The van der Waals surface area contributed by atoms with Gasteiger partial charge in [0.2, 0.25) is 0 Å². The molecule has 2 aliphatic rings. The highest BCUT2D eigenvalue weighted by Gasteiger charge is 2.48. The van der Waals surface area contributed by atoms with E-state index in [1.807, 2.05) is 0 Å². The number of aliphatic hydroxyl groups is 3. The van der Waals surface area contributed by atoms with Crippen molar-refractivity contribution in [3.8, 4) is 0 Å². The second kappa shape index (κ2) is 5.94. The maximum absolute atomic E-state index is 12.2. The number of carbonyl (C=O) groups excluding carboxylic acids is 2. The van der Waals surface area contributed by atoms with E-state index in [2.05, 4.69) is 5.32 Å². The van der Waals surface area contributed by atoms with Crippen molar-refractivity contribution < 1.29 is 29.6 Å². The zero-order chi connectivity index (χ0) is 16.7. The lowest BCUT2D eigenvalue weighted by atomic mass is 9.95. The molecule has 9 heteroatoms. The van der Waals surface area contributed by atoms with Gasteiger partial charge in [0, 0.05) is 12.1 Å². The minimum absolute atomic E-state index is 0.363. The first-order valence-corrected chi connectivity index (χ1v) is 6.96. The maximum Gasteiger partial charge on any atom is 0.325 e. The normalized spacial score (nSPS) is 38.5. The number of nitrogens with two attached hydrogens (primary N) is 1. The van der Waals surface area contributed by atoms with Gasteiger partial charge in [-0.05, 0) is 6.08 Å². The predicted octanol–water partition coefficient (Wildman–Crippen LogP) is -2.16. The van der Waals surface area contributed by atoms with Crippen LogP contribution in [0.2, 0.25) is 0 Å². The Hall–Kier alpha value is -1.52. The molecule has 9 nitrogen and oxygen atoms in total. The molecule has 0 aromatic carbocycles. The van der Waals surface area contributed by atoms with Gasteiger partial charge in [0.25, 0.3) is 0 Å². The summed E-state index contributed by atoms with van der Waals surface area (Å²) in [6, 6.07) is -0.742. The summed E-state index contributed by atoms with van der Waals surface area (Å²) < 4.78 is 5.26. The van der Waals surface area contributed by atoms with Crippen molar-refractivity contribution in [1.29, 1.82) is 0 Å². The molecular formula is C13H21N3O6. The Bertz CT molecular complexity index is 496. The minimum atomic E-state index is -1.62. The molecule has 0 bridgehead atoms. The first-order valence-electron chi connectivity index (χ1n) is 6.96. The Morgan fingerprint density at radius 3 is 2.59 bits per heavy atom. The first-order chi connectivity index (χ1) is 10.2. The van der Waals surface area contributed by atoms with Gasteiger partial charge in [-0.2, -0.15) is 0 Å². The molecule has 2 amide bonds. The number of Topliss-reactive ketones (excluding diaryl/α,β-unsaturated/α-hetero) is 1. The van der Waals surface area contributed by atoms with Crippen LogP contribution in [-0.2, 0) is 9.53 Å². The summed E-state index contributed by atoms with van der Waals surface area (Å²) in [6.45, 7) is 2.82. The van der Waals surface area contributed by atoms with Crippen LogP contribution in [0.4, 0.5) is 4.79 Å².